The highest BCUT2D eigenvalue weighted by atomic mass is 16.6. The van der Waals surface area contributed by atoms with Gasteiger partial charge >= 0.3 is 12.1 Å². The molecule has 116 valence electrons. The van der Waals surface area contributed by atoms with E-state index in [-0.39, 0.29) is 12.1 Å². The molecule has 0 atom stereocenters. The van der Waals surface area contributed by atoms with Gasteiger partial charge in [0.2, 0.25) is 0 Å². The van der Waals surface area contributed by atoms with E-state index in [1.165, 1.54) is 0 Å². The fourth-order valence-electron chi connectivity index (χ4n) is 2.23. The number of esters is 1. The van der Waals surface area contributed by atoms with Crippen molar-refractivity contribution >= 4 is 12.1 Å². The van der Waals surface area contributed by atoms with Crippen molar-refractivity contribution in [3.8, 4) is 0 Å². The first-order valence-corrected chi connectivity index (χ1v) is 7.16. The summed E-state index contributed by atoms with van der Waals surface area (Å²) in [6.07, 6.45) is 0.366. The van der Waals surface area contributed by atoms with Crippen LogP contribution in [0.4, 0.5) is 4.79 Å². The summed E-state index contributed by atoms with van der Waals surface area (Å²) in [5, 5.41) is 0. The lowest BCUT2D eigenvalue weighted by Gasteiger charge is -2.29. The highest BCUT2D eigenvalue weighted by Gasteiger charge is 2.27. The molecule has 1 aromatic heterocycles. The van der Waals surface area contributed by atoms with E-state index in [4.69, 9.17) is 9.47 Å². The van der Waals surface area contributed by atoms with Crippen molar-refractivity contribution in [3.63, 3.8) is 0 Å². The molecule has 0 fully saturated rings. The molecule has 0 aromatic carbocycles. The Kier molecular flexibility index (Phi) is 4.25. The number of aromatic nitrogens is 1. The third-order valence-electron chi connectivity index (χ3n) is 3.14. The number of nitrogens with zero attached hydrogens (tertiary/aromatic N) is 1. The Morgan fingerprint density at radius 2 is 2.10 bits per heavy atom. The lowest BCUT2D eigenvalue weighted by Crippen LogP contribution is -2.39. The zero-order valence-electron chi connectivity index (χ0n) is 13.0. The second-order valence-corrected chi connectivity index (χ2v) is 6.06. The number of hydrogen-bond acceptors (Lipinski definition) is 4. The van der Waals surface area contributed by atoms with Crippen molar-refractivity contribution in [1.82, 2.24) is 9.88 Å². The van der Waals surface area contributed by atoms with Gasteiger partial charge in [0, 0.05) is 12.2 Å². The van der Waals surface area contributed by atoms with Crippen LogP contribution in [0.25, 0.3) is 0 Å². The monoisotopic (exact) mass is 294 g/mol. The van der Waals surface area contributed by atoms with Gasteiger partial charge in [0.05, 0.1) is 13.2 Å². The largest absolute Gasteiger partial charge is 0.461 e. The molecule has 0 unspecified atom stereocenters. The molecule has 0 aliphatic carbocycles. The molecule has 1 aliphatic heterocycles. The average molecular weight is 294 g/mol. The first-order chi connectivity index (χ1) is 9.80. The van der Waals surface area contributed by atoms with E-state index in [9.17, 15) is 9.59 Å². The first-order valence-electron chi connectivity index (χ1n) is 7.16. The molecule has 0 saturated heterocycles. The molecule has 2 heterocycles. The zero-order valence-corrected chi connectivity index (χ0v) is 13.0. The predicted molar refractivity (Wildman–Crippen MR) is 77.1 cm³/mol. The number of aromatic amines is 1. The standard InChI is InChI=1S/C15H22N2O4/c1-5-20-13(18)11-8-10-6-7-17(9-12(10)16-11)14(19)21-15(2,3)4/h8,16H,5-7,9H2,1-4H3. The number of amides is 1. The van der Waals surface area contributed by atoms with Crippen LogP contribution in [0.15, 0.2) is 6.07 Å². The number of fused-ring (bicyclic) bond motifs is 1. The van der Waals surface area contributed by atoms with Crippen LogP contribution in [0.1, 0.15) is 49.4 Å². The van der Waals surface area contributed by atoms with Gasteiger partial charge in [0.15, 0.2) is 0 Å². The Labute approximate surface area is 124 Å². The van der Waals surface area contributed by atoms with E-state index in [0.717, 1.165) is 11.3 Å². The van der Waals surface area contributed by atoms with Crippen LogP contribution in [0.5, 0.6) is 0 Å². The van der Waals surface area contributed by atoms with Gasteiger partial charge in [-0.3, -0.25) is 0 Å². The number of nitrogens with one attached hydrogen (secondary N) is 1. The highest BCUT2D eigenvalue weighted by molar-refractivity contribution is 5.88. The number of rotatable bonds is 2. The van der Waals surface area contributed by atoms with E-state index >= 15 is 0 Å². The Bertz CT molecular complexity index is 542. The van der Waals surface area contributed by atoms with E-state index in [1.54, 1.807) is 17.9 Å². The topological polar surface area (TPSA) is 71.6 Å². The van der Waals surface area contributed by atoms with E-state index < -0.39 is 5.60 Å². The van der Waals surface area contributed by atoms with Crippen LogP contribution in [0.3, 0.4) is 0 Å². The maximum Gasteiger partial charge on any atom is 0.410 e. The molecular weight excluding hydrogens is 272 g/mol. The van der Waals surface area contributed by atoms with Gasteiger partial charge in [0.25, 0.3) is 0 Å². The van der Waals surface area contributed by atoms with E-state index in [1.807, 2.05) is 20.8 Å². The molecule has 21 heavy (non-hydrogen) atoms. The van der Waals surface area contributed by atoms with Crippen LogP contribution in [0, 0.1) is 0 Å². The molecular formula is C15H22N2O4. The molecule has 0 radical (unpaired) electrons. The van der Waals surface area contributed by atoms with Gasteiger partial charge in [-0.05, 0) is 45.7 Å². The zero-order chi connectivity index (χ0) is 15.6. The SMILES string of the molecule is CCOC(=O)c1cc2c([nH]1)CN(C(=O)OC(C)(C)C)CC2. The third kappa shape index (κ3) is 3.77. The minimum absolute atomic E-state index is 0.333. The maximum absolute atomic E-state index is 12.1. The van der Waals surface area contributed by atoms with Gasteiger partial charge in [-0.15, -0.1) is 0 Å². The molecule has 0 saturated carbocycles. The Morgan fingerprint density at radius 3 is 2.71 bits per heavy atom. The molecule has 2 rings (SSSR count). The molecule has 6 heteroatoms. The van der Waals surface area contributed by atoms with E-state index in [2.05, 4.69) is 4.98 Å². The molecule has 1 amide bonds. The Balaban J connectivity index is 2.07. The molecule has 1 N–H and O–H groups in total. The van der Waals surface area contributed by atoms with Gasteiger partial charge in [0.1, 0.15) is 11.3 Å². The fraction of sp³-hybridized carbons (Fsp3) is 0.600. The van der Waals surface area contributed by atoms with Crippen LogP contribution >= 0.6 is 0 Å². The second kappa shape index (κ2) is 5.79. The number of carbonyl (C=O) groups is 2. The molecule has 1 aliphatic rings. The van der Waals surface area contributed by atoms with Crippen LogP contribution < -0.4 is 0 Å². The van der Waals surface area contributed by atoms with Gasteiger partial charge in [-0.2, -0.15) is 0 Å². The molecule has 1 aromatic rings. The fourth-order valence-corrected chi connectivity index (χ4v) is 2.23. The summed E-state index contributed by atoms with van der Waals surface area (Å²) in [6.45, 7) is 8.64. The highest BCUT2D eigenvalue weighted by Crippen LogP contribution is 2.22. The third-order valence-corrected chi connectivity index (χ3v) is 3.14. The summed E-state index contributed by atoms with van der Waals surface area (Å²) in [4.78, 5) is 28.5. The molecule has 0 bridgehead atoms. The second-order valence-electron chi connectivity index (χ2n) is 6.06. The number of hydrogen-bond donors (Lipinski definition) is 1. The Hall–Kier alpha value is -1.98. The van der Waals surface area contributed by atoms with Crippen LogP contribution in [-0.4, -0.2) is 40.7 Å². The summed E-state index contributed by atoms with van der Waals surface area (Å²) in [5.74, 6) is -0.365. The Morgan fingerprint density at radius 1 is 1.38 bits per heavy atom. The summed E-state index contributed by atoms with van der Waals surface area (Å²) >= 11 is 0. The van der Waals surface area contributed by atoms with Crippen molar-refractivity contribution in [1.29, 1.82) is 0 Å². The summed E-state index contributed by atoms with van der Waals surface area (Å²) in [7, 11) is 0. The van der Waals surface area contributed by atoms with Crippen molar-refractivity contribution in [3.05, 3.63) is 23.0 Å². The van der Waals surface area contributed by atoms with Gasteiger partial charge in [-0.1, -0.05) is 0 Å². The smallest absolute Gasteiger partial charge is 0.410 e. The maximum atomic E-state index is 12.1. The number of H-pyrrole nitrogens is 1. The van der Waals surface area contributed by atoms with Crippen molar-refractivity contribution in [2.75, 3.05) is 13.2 Å². The lowest BCUT2D eigenvalue weighted by atomic mass is 10.1. The van der Waals surface area contributed by atoms with E-state index in [0.29, 0.717) is 31.8 Å². The van der Waals surface area contributed by atoms with Crippen molar-refractivity contribution in [2.24, 2.45) is 0 Å². The van der Waals surface area contributed by atoms with Crippen LogP contribution in [0.2, 0.25) is 0 Å². The molecule has 0 spiro atoms. The minimum atomic E-state index is -0.511. The number of ether oxygens (including phenoxy) is 2. The van der Waals surface area contributed by atoms with Crippen molar-refractivity contribution in [2.45, 2.75) is 46.3 Å². The lowest BCUT2D eigenvalue weighted by molar-refractivity contribution is 0.0221. The average Bonchev–Trinajstić information content (AvgIpc) is 2.79. The first kappa shape index (κ1) is 15.4. The minimum Gasteiger partial charge on any atom is -0.461 e. The van der Waals surface area contributed by atoms with Crippen LogP contribution in [-0.2, 0) is 22.4 Å². The molecule has 6 nitrogen and oxygen atoms in total. The summed E-state index contributed by atoms with van der Waals surface area (Å²) in [6, 6.07) is 1.81. The number of carbonyl (C=O) groups excluding carboxylic acids is 2. The summed E-state index contributed by atoms with van der Waals surface area (Å²) in [5.41, 5.74) is 1.85. The normalized spacial score (nSPS) is 14.6. The predicted octanol–water partition coefficient (Wildman–Crippen LogP) is 2.48. The van der Waals surface area contributed by atoms with Gasteiger partial charge < -0.3 is 19.4 Å². The van der Waals surface area contributed by atoms with Gasteiger partial charge in [-0.25, -0.2) is 9.59 Å². The summed E-state index contributed by atoms with van der Waals surface area (Å²) < 4.78 is 10.3. The quantitative estimate of drug-likeness (QED) is 0.851. The van der Waals surface area contributed by atoms with Crippen molar-refractivity contribution < 1.29 is 19.1 Å².